The molecule has 1 aromatic heterocycles. The number of aromatic nitrogens is 1. The van der Waals surface area contributed by atoms with Crippen LogP contribution in [0.1, 0.15) is 10.4 Å². The van der Waals surface area contributed by atoms with Crippen molar-refractivity contribution in [2.75, 3.05) is 39.4 Å². The van der Waals surface area contributed by atoms with E-state index in [1.807, 2.05) is 48.5 Å². The van der Waals surface area contributed by atoms with Crippen molar-refractivity contribution in [3.8, 4) is 22.8 Å². The number of oxazole rings is 1. The molecule has 2 aromatic carbocycles. The van der Waals surface area contributed by atoms with Crippen LogP contribution in [0.3, 0.4) is 0 Å². The minimum absolute atomic E-state index is 0.122. The third-order valence-corrected chi connectivity index (χ3v) is 4.78. The topological polar surface area (TPSA) is 67.6 Å². The molecule has 1 aliphatic rings. The molecule has 2 heterocycles. The fourth-order valence-electron chi connectivity index (χ4n) is 3.25. The maximum absolute atomic E-state index is 12.7. The van der Waals surface area contributed by atoms with Gasteiger partial charge in [-0.15, -0.1) is 0 Å². The lowest BCUT2D eigenvalue weighted by molar-refractivity contribution is 0.0383. The third-order valence-electron chi connectivity index (χ3n) is 4.78. The zero-order chi connectivity index (χ0) is 19.2. The second-order valence-corrected chi connectivity index (χ2v) is 6.65. The molecule has 4 rings (SSSR count). The Labute approximate surface area is 164 Å². The van der Waals surface area contributed by atoms with Crippen LogP contribution >= 0.6 is 0 Å². The summed E-state index contributed by atoms with van der Waals surface area (Å²) < 4.78 is 11.3. The van der Waals surface area contributed by atoms with Crippen LogP contribution in [-0.4, -0.2) is 55.2 Å². The largest absolute Gasteiger partial charge is 0.436 e. The first-order valence-corrected chi connectivity index (χ1v) is 9.50. The highest BCUT2D eigenvalue weighted by molar-refractivity contribution is 6.00. The van der Waals surface area contributed by atoms with E-state index in [9.17, 15) is 4.79 Å². The van der Waals surface area contributed by atoms with Crippen molar-refractivity contribution >= 4 is 5.91 Å². The number of nitrogens with one attached hydrogen (secondary N) is 1. The SMILES string of the molecule is O=C(NCCN1CCOCC1)c1ccccc1-c1ncc(-c2ccccc2)o1. The molecule has 0 spiro atoms. The average Bonchev–Trinajstić information content (AvgIpc) is 3.25. The number of hydrogen-bond acceptors (Lipinski definition) is 5. The van der Waals surface area contributed by atoms with Gasteiger partial charge in [-0.2, -0.15) is 0 Å². The fourth-order valence-corrected chi connectivity index (χ4v) is 3.25. The Kier molecular flexibility index (Phi) is 5.80. The van der Waals surface area contributed by atoms with Crippen molar-refractivity contribution in [1.29, 1.82) is 0 Å². The van der Waals surface area contributed by atoms with Gasteiger partial charge in [-0.1, -0.05) is 42.5 Å². The summed E-state index contributed by atoms with van der Waals surface area (Å²) in [5, 5.41) is 3.00. The summed E-state index contributed by atoms with van der Waals surface area (Å²) in [7, 11) is 0. The van der Waals surface area contributed by atoms with Crippen molar-refractivity contribution < 1.29 is 13.9 Å². The van der Waals surface area contributed by atoms with E-state index in [0.29, 0.717) is 29.3 Å². The number of morpholine rings is 1. The number of carbonyl (C=O) groups excluding carboxylic acids is 1. The lowest BCUT2D eigenvalue weighted by atomic mass is 10.1. The van der Waals surface area contributed by atoms with Crippen molar-refractivity contribution in [3.63, 3.8) is 0 Å². The van der Waals surface area contributed by atoms with Gasteiger partial charge in [0.1, 0.15) is 0 Å². The molecule has 6 nitrogen and oxygen atoms in total. The zero-order valence-corrected chi connectivity index (χ0v) is 15.6. The number of benzene rings is 2. The van der Waals surface area contributed by atoms with Crippen molar-refractivity contribution in [2.45, 2.75) is 0 Å². The van der Waals surface area contributed by atoms with Crippen LogP contribution in [0.4, 0.5) is 0 Å². The highest BCUT2D eigenvalue weighted by Gasteiger charge is 2.17. The van der Waals surface area contributed by atoms with Crippen molar-refractivity contribution in [1.82, 2.24) is 15.2 Å². The van der Waals surface area contributed by atoms with Gasteiger partial charge in [0.25, 0.3) is 5.91 Å². The molecule has 28 heavy (non-hydrogen) atoms. The van der Waals surface area contributed by atoms with Gasteiger partial charge < -0.3 is 14.5 Å². The van der Waals surface area contributed by atoms with Crippen molar-refractivity contribution in [2.24, 2.45) is 0 Å². The van der Waals surface area contributed by atoms with Crippen LogP contribution in [0, 0.1) is 0 Å². The van der Waals surface area contributed by atoms with Gasteiger partial charge in [0.2, 0.25) is 5.89 Å². The quantitative estimate of drug-likeness (QED) is 0.715. The Morgan fingerprint density at radius 3 is 2.61 bits per heavy atom. The first kappa shape index (κ1) is 18.4. The van der Waals surface area contributed by atoms with Crippen LogP contribution in [0.5, 0.6) is 0 Å². The Morgan fingerprint density at radius 2 is 1.79 bits per heavy atom. The van der Waals surface area contributed by atoms with Crippen LogP contribution in [0.25, 0.3) is 22.8 Å². The van der Waals surface area contributed by atoms with Crippen LogP contribution in [0.2, 0.25) is 0 Å². The number of nitrogens with zero attached hydrogens (tertiary/aromatic N) is 2. The van der Waals surface area contributed by atoms with Gasteiger partial charge in [-0.3, -0.25) is 9.69 Å². The average molecular weight is 377 g/mol. The summed E-state index contributed by atoms with van der Waals surface area (Å²) in [6, 6.07) is 17.2. The summed E-state index contributed by atoms with van der Waals surface area (Å²) >= 11 is 0. The van der Waals surface area contributed by atoms with E-state index in [2.05, 4.69) is 15.2 Å². The minimum Gasteiger partial charge on any atom is -0.436 e. The highest BCUT2D eigenvalue weighted by atomic mass is 16.5. The van der Waals surface area contributed by atoms with E-state index < -0.39 is 0 Å². The van der Waals surface area contributed by atoms with E-state index in [1.165, 1.54) is 0 Å². The number of amides is 1. The van der Waals surface area contributed by atoms with E-state index in [-0.39, 0.29) is 5.91 Å². The standard InChI is InChI=1S/C22H23N3O3/c26-21(23-10-11-25-12-14-27-15-13-25)18-8-4-5-9-19(18)22-24-16-20(28-22)17-6-2-1-3-7-17/h1-9,16H,10-15H2,(H,23,26). The second-order valence-electron chi connectivity index (χ2n) is 6.65. The fraction of sp³-hybridized carbons (Fsp3) is 0.273. The maximum Gasteiger partial charge on any atom is 0.252 e. The minimum atomic E-state index is -0.122. The molecule has 0 aliphatic carbocycles. The van der Waals surface area contributed by atoms with Gasteiger partial charge in [0.15, 0.2) is 5.76 Å². The first-order chi connectivity index (χ1) is 13.8. The molecule has 1 saturated heterocycles. The van der Waals surface area contributed by atoms with Crippen LogP contribution in [-0.2, 0) is 4.74 Å². The molecule has 1 fully saturated rings. The number of hydrogen-bond donors (Lipinski definition) is 1. The molecule has 0 radical (unpaired) electrons. The summed E-state index contributed by atoms with van der Waals surface area (Å²) in [6.07, 6.45) is 1.69. The summed E-state index contributed by atoms with van der Waals surface area (Å²) in [4.78, 5) is 19.4. The number of rotatable bonds is 6. The number of ether oxygens (including phenoxy) is 1. The molecule has 0 unspecified atom stereocenters. The zero-order valence-electron chi connectivity index (χ0n) is 15.6. The lowest BCUT2D eigenvalue weighted by Gasteiger charge is -2.26. The Morgan fingerprint density at radius 1 is 1.04 bits per heavy atom. The molecule has 1 aliphatic heterocycles. The smallest absolute Gasteiger partial charge is 0.252 e. The Balaban J connectivity index is 1.46. The summed E-state index contributed by atoms with van der Waals surface area (Å²) in [5.41, 5.74) is 2.20. The molecule has 0 bridgehead atoms. The Bertz CT molecular complexity index is 918. The first-order valence-electron chi connectivity index (χ1n) is 9.50. The van der Waals surface area contributed by atoms with E-state index in [0.717, 1.165) is 38.4 Å². The van der Waals surface area contributed by atoms with Gasteiger partial charge in [-0.05, 0) is 12.1 Å². The molecule has 6 heteroatoms. The molecule has 0 saturated carbocycles. The van der Waals surface area contributed by atoms with Gasteiger partial charge in [-0.25, -0.2) is 4.98 Å². The van der Waals surface area contributed by atoms with Crippen LogP contribution < -0.4 is 5.32 Å². The van der Waals surface area contributed by atoms with Crippen molar-refractivity contribution in [3.05, 3.63) is 66.4 Å². The molecular formula is C22H23N3O3. The Hall–Kier alpha value is -2.96. The second kappa shape index (κ2) is 8.82. The summed E-state index contributed by atoms with van der Waals surface area (Å²) in [5.74, 6) is 0.999. The monoisotopic (exact) mass is 377 g/mol. The molecule has 144 valence electrons. The lowest BCUT2D eigenvalue weighted by Crippen LogP contribution is -2.41. The predicted molar refractivity (Wildman–Crippen MR) is 107 cm³/mol. The van der Waals surface area contributed by atoms with E-state index >= 15 is 0 Å². The van der Waals surface area contributed by atoms with E-state index in [4.69, 9.17) is 9.15 Å². The normalized spacial score (nSPS) is 14.7. The predicted octanol–water partition coefficient (Wildman–Crippen LogP) is 3.07. The molecule has 1 N–H and O–H groups in total. The molecule has 3 aromatic rings. The third kappa shape index (κ3) is 4.30. The van der Waals surface area contributed by atoms with Gasteiger partial charge in [0.05, 0.1) is 25.0 Å². The summed E-state index contributed by atoms with van der Waals surface area (Å²) in [6.45, 7) is 4.73. The highest BCUT2D eigenvalue weighted by Crippen LogP contribution is 2.28. The number of carbonyl (C=O) groups is 1. The van der Waals surface area contributed by atoms with E-state index in [1.54, 1.807) is 12.3 Å². The van der Waals surface area contributed by atoms with Gasteiger partial charge >= 0.3 is 0 Å². The van der Waals surface area contributed by atoms with Crippen LogP contribution in [0.15, 0.2) is 65.2 Å². The van der Waals surface area contributed by atoms with Gasteiger partial charge in [0, 0.05) is 37.3 Å². The maximum atomic E-state index is 12.7. The molecule has 1 amide bonds. The molecular weight excluding hydrogens is 354 g/mol. The molecule has 0 atom stereocenters.